The van der Waals surface area contributed by atoms with Gasteiger partial charge in [0.2, 0.25) is 0 Å². The number of rotatable bonds is 5. The van der Waals surface area contributed by atoms with Gasteiger partial charge in [0.05, 0.1) is 11.0 Å². The Kier molecular flexibility index (Phi) is 7.28. The Morgan fingerprint density at radius 1 is 0.286 bits per heavy atom. The van der Waals surface area contributed by atoms with Gasteiger partial charge in [-0.05, 0) is 134 Å². The van der Waals surface area contributed by atoms with Crippen molar-refractivity contribution in [2.24, 2.45) is 0 Å². The van der Waals surface area contributed by atoms with Crippen LogP contribution in [-0.4, -0.2) is 4.57 Å². The third-order valence-electron chi connectivity index (χ3n) is 12.0. The van der Waals surface area contributed by atoms with Crippen LogP contribution in [0.2, 0.25) is 0 Å². The van der Waals surface area contributed by atoms with Crippen molar-refractivity contribution in [3.63, 3.8) is 0 Å². The first-order valence-electron chi connectivity index (χ1n) is 19.6. The fraction of sp³-hybridized carbons (Fsp3) is 0.0545. The number of hydrogen-bond acceptors (Lipinski definition) is 0. The van der Waals surface area contributed by atoms with Crippen molar-refractivity contribution >= 4 is 54.1 Å². The molecule has 0 N–H and O–H groups in total. The Balaban J connectivity index is 1.06. The summed E-state index contributed by atoms with van der Waals surface area (Å²) in [5, 5.41) is 10.4. The molecule has 1 aromatic heterocycles. The predicted molar refractivity (Wildman–Crippen MR) is 240 cm³/mol. The summed E-state index contributed by atoms with van der Waals surface area (Å²) >= 11 is 0. The zero-order valence-electron chi connectivity index (χ0n) is 31.8. The molecular weight excluding hydrogens is 675 g/mol. The second-order valence-electron chi connectivity index (χ2n) is 15.6. The topological polar surface area (TPSA) is 4.93 Å². The zero-order chi connectivity index (χ0) is 37.5. The fourth-order valence-corrected chi connectivity index (χ4v) is 8.98. The SMILES string of the molecule is Cc1ccc(-c2ccc3c(c2)c2cc(-c4ccc(C)cc4)ccc2n3-c2ccc(-c3ccc4ccc5c(-c6ccc(C)cc6)ccc6ccc3c4c65)cc2)cc1. The van der Waals surface area contributed by atoms with Gasteiger partial charge in [0.25, 0.3) is 0 Å². The molecule has 1 heterocycles. The molecule has 1 heteroatoms. The highest BCUT2D eigenvalue weighted by Gasteiger charge is 2.17. The quantitative estimate of drug-likeness (QED) is 0.157. The summed E-state index contributed by atoms with van der Waals surface area (Å²) in [4.78, 5) is 0. The maximum absolute atomic E-state index is 2.43. The maximum atomic E-state index is 2.43. The molecule has 11 rings (SSSR count). The van der Waals surface area contributed by atoms with Crippen molar-refractivity contribution < 1.29 is 0 Å². The summed E-state index contributed by atoms with van der Waals surface area (Å²) in [5.74, 6) is 0. The first kappa shape index (κ1) is 32.5. The summed E-state index contributed by atoms with van der Waals surface area (Å²) in [5.41, 5.74) is 17.3. The third kappa shape index (κ3) is 5.16. The second kappa shape index (κ2) is 12.5. The molecule has 0 saturated carbocycles. The monoisotopic (exact) mass is 713 g/mol. The van der Waals surface area contributed by atoms with Crippen molar-refractivity contribution in [1.29, 1.82) is 0 Å². The van der Waals surface area contributed by atoms with E-state index in [0.717, 1.165) is 5.69 Å². The average molecular weight is 714 g/mol. The highest BCUT2D eigenvalue weighted by Crippen LogP contribution is 2.43. The zero-order valence-corrected chi connectivity index (χ0v) is 31.8. The highest BCUT2D eigenvalue weighted by atomic mass is 15.0. The number of hydrogen-bond donors (Lipinski definition) is 0. The largest absolute Gasteiger partial charge is 0.309 e. The average Bonchev–Trinajstić information content (AvgIpc) is 3.56. The maximum Gasteiger partial charge on any atom is 0.0541 e. The van der Waals surface area contributed by atoms with Crippen LogP contribution in [0.5, 0.6) is 0 Å². The second-order valence-corrected chi connectivity index (χ2v) is 15.6. The van der Waals surface area contributed by atoms with Crippen LogP contribution in [0.25, 0.3) is 104 Å². The molecule has 0 fully saturated rings. The van der Waals surface area contributed by atoms with Gasteiger partial charge in [-0.15, -0.1) is 0 Å². The number of aryl methyl sites for hydroxylation is 3. The summed E-state index contributed by atoms with van der Waals surface area (Å²) in [7, 11) is 0. The molecule has 0 aliphatic rings. The molecule has 56 heavy (non-hydrogen) atoms. The molecule has 0 amide bonds. The van der Waals surface area contributed by atoms with Crippen LogP contribution >= 0.6 is 0 Å². The van der Waals surface area contributed by atoms with Gasteiger partial charge in [-0.3, -0.25) is 0 Å². The number of fused-ring (bicyclic) bond motifs is 3. The Bertz CT molecular complexity index is 3170. The van der Waals surface area contributed by atoms with Crippen molar-refractivity contribution in [1.82, 2.24) is 4.57 Å². The van der Waals surface area contributed by atoms with Crippen molar-refractivity contribution in [3.8, 4) is 50.2 Å². The summed E-state index contributed by atoms with van der Waals surface area (Å²) in [6.45, 7) is 6.44. The molecule has 0 bridgehead atoms. The number of nitrogens with zero attached hydrogens (tertiary/aromatic N) is 1. The number of aromatic nitrogens is 1. The van der Waals surface area contributed by atoms with Crippen LogP contribution in [-0.2, 0) is 0 Å². The van der Waals surface area contributed by atoms with Gasteiger partial charge >= 0.3 is 0 Å². The highest BCUT2D eigenvalue weighted by molar-refractivity contribution is 6.27. The molecular formula is C55H39N. The standard InChI is InChI=1S/C55H39N/c1-34-4-10-37(11-5-34)43-22-30-52-50(32-43)51-33-44(38-12-6-35(2)7-13-38)23-31-53(51)56(52)45-24-16-40(17-25-45)47-27-19-42-20-28-48-46(39-14-8-36(3)9-15-39)26-18-41-21-29-49(47)55(42)54(41)48/h4-33H,1-3H3. The first-order valence-corrected chi connectivity index (χ1v) is 19.6. The van der Waals surface area contributed by atoms with E-state index in [1.807, 2.05) is 0 Å². The van der Waals surface area contributed by atoms with Gasteiger partial charge in [-0.25, -0.2) is 0 Å². The lowest BCUT2D eigenvalue weighted by atomic mass is 9.87. The molecule has 0 radical (unpaired) electrons. The van der Waals surface area contributed by atoms with Crippen LogP contribution in [0, 0.1) is 20.8 Å². The van der Waals surface area contributed by atoms with Crippen LogP contribution in [0.1, 0.15) is 16.7 Å². The minimum absolute atomic E-state index is 1.15. The van der Waals surface area contributed by atoms with Crippen molar-refractivity contribution in [3.05, 3.63) is 199 Å². The molecule has 0 unspecified atom stereocenters. The van der Waals surface area contributed by atoms with Gasteiger partial charge < -0.3 is 4.57 Å². The van der Waals surface area contributed by atoms with Crippen LogP contribution in [0.4, 0.5) is 0 Å². The Labute approximate surface area is 327 Å². The Hall–Kier alpha value is -6.96. The minimum atomic E-state index is 1.15. The number of benzene rings is 10. The predicted octanol–water partition coefficient (Wildman–Crippen LogP) is 15.3. The fourth-order valence-electron chi connectivity index (χ4n) is 8.98. The molecule has 0 aliphatic heterocycles. The lowest BCUT2D eigenvalue weighted by Gasteiger charge is -2.17. The molecule has 11 aromatic rings. The summed E-state index contributed by atoms with van der Waals surface area (Å²) in [6.07, 6.45) is 0. The van der Waals surface area contributed by atoms with E-state index in [1.54, 1.807) is 0 Å². The van der Waals surface area contributed by atoms with Gasteiger partial charge in [0.1, 0.15) is 0 Å². The van der Waals surface area contributed by atoms with Gasteiger partial charge in [-0.2, -0.15) is 0 Å². The van der Waals surface area contributed by atoms with E-state index >= 15 is 0 Å². The van der Waals surface area contributed by atoms with Crippen LogP contribution in [0.3, 0.4) is 0 Å². The molecule has 0 atom stereocenters. The van der Waals surface area contributed by atoms with E-state index in [0.29, 0.717) is 0 Å². The molecule has 0 saturated heterocycles. The Morgan fingerprint density at radius 2 is 0.643 bits per heavy atom. The van der Waals surface area contributed by atoms with E-state index in [2.05, 4.69) is 207 Å². The van der Waals surface area contributed by atoms with Crippen molar-refractivity contribution in [2.45, 2.75) is 20.8 Å². The van der Waals surface area contributed by atoms with Crippen LogP contribution < -0.4 is 0 Å². The van der Waals surface area contributed by atoms with E-state index in [9.17, 15) is 0 Å². The molecule has 264 valence electrons. The van der Waals surface area contributed by atoms with Gasteiger partial charge in [0, 0.05) is 16.5 Å². The molecule has 1 nitrogen and oxygen atoms in total. The summed E-state index contributed by atoms with van der Waals surface area (Å²) in [6, 6.07) is 68.1. The van der Waals surface area contributed by atoms with E-state index < -0.39 is 0 Å². The molecule has 0 spiro atoms. The lowest BCUT2D eigenvalue weighted by molar-refractivity contribution is 1.18. The van der Waals surface area contributed by atoms with E-state index in [-0.39, 0.29) is 0 Å². The van der Waals surface area contributed by atoms with E-state index in [1.165, 1.54) is 115 Å². The van der Waals surface area contributed by atoms with Gasteiger partial charge in [-0.1, -0.05) is 162 Å². The normalized spacial score (nSPS) is 11.8. The third-order valence-corrected chi connectivity index (χ3v) is 12.0. The first-order chi connectivity index (χ1) is 27.5. The summed E-state index contributed by atoms with van der Waals surface area (Å²) < 4.78 is 2.43. The van der Waals surface area contributed by atoms with Gasteiger partial charge in [0.15, 0.2) is 0 Å². The van der Waals surface area contributed by atoms with Crippen LogP contribution in [0.15, 0.2) is 182 Å². The molecule has 0 aliphatic carbocycles. The van der Waals surface area contributed by atoms with E-state index in [4.69, 9.17) is 0 Å². The Morgan fingerprint density at radius 3 is 1.07 bits per heavy atom. The smallest absolute Gasteiger partial charge is 0.0541 e. The van der Waals surface area contributed by atoms with Crippen molar-refractivity contribution in [2.75, 3.05) is 0 Å². The minimum Gasteiger partial charge on any atom is -0.309 e. The lowest BCUT2D eigenvalue weighted by Crippen LogP contribution is -1.94. The molecule has 10 aromatic carbocycles.